The van der Waals surface area contributed by atoms with Crippen LogP contribution in [0.3, 0.4) is 0 Å². The van der Waals surface area contributed by atoms with Crippen molar-refractivity contribution in [1.29, 1.82) is 0 Å². The van der Waals surface area contributed by atoms with E-state index in [4.69, 9.17) is 0 Å². The van der Waals surface area contributed by atoms with Gasteiger partial charge in [-0.1, -0.05) is 102 Å². The van der Waals surface area contributed by atoms with Crippen molar-refractivity contribution >= 4 is 29.2 Å². The Kier molecular flexibility index (Phi) is 6.64. The zero-order valence-corrected chi connectivity index (χ0v) is 16.6. The number of hydrogen-bond acceptors (Lipinski definition) is 3. The van der Waals surface area contributed by atoms with Crippen molar-refractivity contribution in [1.82, 2.24) is 4.90 Å². The van der Waals surface area contributed by atoms with Gasteiger partial charge in [0.2, 0.25) is 0 Å². The summed E-state index contributed by atoms with van der Waals surface area (Å²) in [6.45, 7) is -0.204. The van der Waals surface area contributed by atoms with E-state index in [1.54, 1.807) is 19.0 Å². The predicted molar refractivity (Wildman–Crippen MR) is 120 cm³/mol. The highest BCUT2D eigenvalue weighted by atomic mass is 16.4. The van der Waals surface area contributed by atoms with Gasteiger partial charge in [-0.2, -0.15) is 0 Å². The molecule has 0 atom stereocenters. The molecule has 0 aromatic heterocycles. The SMILES string of the molecule is CN(C)/C=C(\N=C(B(c1ccccc1)c1ccccc1)c1ccccc1)C(=O)O. The molecule has 0 aliphatic rings. The van der Waals surface area contributed by atoms with Crippen LogP contribution >= 0.6 is 0 Å². The molecule has 0 saturated heterocycles. The van der Waals surface area contributed by atoms with Gasteiger partial charge in [0, 0.05) is 25.9 Å². The quantitative estimate of drug-likeness (QED) is 0.389. The maximum atomic E-state index is 11.9. The van der Waals surface area contributed by atoms with Gasteiger partial charge in [0.25, 0.3) is 6.71 Å². The molecular formula is C24H23BN2O2. The molecule has 0 aliphatic carbocycles. The van der Waals surface area contributed by atoms with E-state index in [1.165, 1.54) is 6.20 Å². The first-order chi connectivity index (χ1) is 14.1. The van der Waals surface area contributed by atoms with Crippen molar-refractivity contribution < 1.29 is 9.90 Å². The number of carbonyl (C=O) groups is 1. The fourth-order valence-corrected chi connectivity index (χ4v) is 3.21. The third-order valence-electron chi connectivity index (χ3n) is 4.45. The van der Waals surface area contributed by atoms with E-state index in [1.807, 2.05) is 91.0 Å². The van der Waals surface area contributed by atoms with Crippen molar-refractivity contribution in [3.05, 3.63) is 108 Å². The van der Waals surface area contributed by atoms with E-state index in [0.717, 1.165) is 16.5 Å². The number of rotatable bonds is 7. The first kappa shape index (κ1) is 20.1. The maximum absolute atomic E-state index is 11.9. The molecule has 0 unspecified atom stereocenters. The van der Waals surface area contributed by atoms with E-state index in [2.05, 4.69) is 4.99 Å². The van der Waals surface area contributed by atoms with Gasteiger partial charge >= 0.3 is 5.97 Å². The number of aliphatic carboxylic acids is 1. The first-order valence-electron chi connectivity index (χ1n) is 9.41. The van der Waals surface area contributed by atoms with E-state index in [-0.39, 0.29) is 12.4 Å². The smallest absolute Gasteiger partial charge is 0.355 e. The molecule has 3 aromatic rings. The molecule has 4 nitrogen and oxygen atoms in total. The third kappa shape index (κ3) is 5.23. The standard InChI is InChI=1S/C24H23BN2O2/c1-27(2)18-22(24(28)29)26-23(19-12-6-3-7-13-19)25(20-14-8-4-9-15-20)21-16-10-5-11-17-21/h3-18H,1-2H3,(H,28,29)/b22-18-,26-23?. The Balaban J connectivity index is 2.27. The maximum Gasteiger partial charge on any atom is 0.355 e. The summed E-state index contributed by atoms with van der Waals surface area (Å²) < 4.78 is 0. The minimum Gasteiger partial charge on any atom is -0.476 e. The summed E-state index contributed by atoms with van der Waals surface area (Å²) in [5, 5.41) is 9.74. The third-order valence-corrected chi connectivity index (χ3v) is 4.45. The second-order valence-electron chi connectivity index (χ2n) is 6.90. The molecular weight excluding hydrogens is 359 g/mol. The van der Waals surface area contributed by atoms with Gasteiger partial charge in [-0.25, -0.2) is 4.79 Å². The summed E-state index contributed by atoms with van der Waals surface area (Å²) in [5.41, 5.74) is 3.67. The summed E-state index contributed by atoms with van der Waals surface area (Å²) in [5.74, 6) is -1.06. The molecule has 144 valence electrons. The van der Waals surface area contributed by atoms with Crippen LogP contribution in [0.25, 0.3) is 0 Å². The van der Waals surface area contributed by atoms with Gasteiger partial charge in [-0.3, -0.25) is 4.99 Å². The normalized spacial score (nSPS) is 11.8. The molecule has 0 aliphatic heterocycles. The molecule has 0 saturated carbocycles. The lowest BCUT2D eigenvalue weighted by Crippen LogP contribution is -2.49. The van der Waals surface area contributed by atoms with Crippen molar-refractivity contribution in [2.24, 2.45) is 4.99 Å². The number of carboxylic acid groups (broad SMARTS) is 1. The minimum atomic E-state index is -1.06. The summed E-state index contributed by atoms with van der Waals surface area (Å²) in [7, 11) is 3.57. The fourth-order valence-electron chi connectivity index (χ4n) is 3.21. The zero-order chi connectivity index (χ0) is 20.6. The van der Waals surface area contributed by atoms with Crippen LogP contribution in [0.4, 0.5) is 0 Å². The molecule has 0 spiro atoms. The van der Waals surface area contributed by atoms with E-state index < -0.39 is 5.97 Å². The van der Waals surface area contributed by atoms with Crippen LogP contribution in [-0.4, -0.2) is 42.4 Å². The Hall–Kier alpha value is -3.60. The van der Waals surface area contributed by atoms with Crippen LogP contribution in [0.1, 0.15) is 5.56 Å². The van der Waals surface area contributed by atoms with Crippen molar-refractivity contribution in [2.75, 3.05) is 14.1 Å². The fraction of sp³-hybridized carbons (Fsp3) is 0.0833. The van der Waals surface area contributed by atoms with E-state index in [9.17, 15) is 9.90 Å². The highest BCUT2D eigenvalue weighted by Crippen LogP contribution is 2.11. The predicted octanol–water partition coefficient (Wildman–Crippen LogP) is 2.81. The van der Waals surface area contributed by atoms with Gasteiger partial charge in [0.05, 0.1) is 0 Å². The van der Waals surface area contributed by atoms with Crippen molar-refractivity contribution in [3.8, 4) is 0 Å². The van der Waals surface area contributed by atoms with Gasteiger partial charge in [-0.15, -0.1) is 0 Å². The highest BCUT2D eigenvalue weighted by molar-refractivity contribution is 7.10. The van der Waals surface area contributed by atoms with Gasteiger partial charge in [-0.05, 0) is 5.56 Å². The van der Waals surface area contributed by atoms with Crippen LogP contribution in [0.5, 0.6) is 0 Å². The summed E-state index contributed by atoms with van der Waals surface area (Å²) in [6, 6.07) is 29.8. The van der Waals surface area contributed by atoms with Gasteiger partial charge < -0.3 is 10.0 Å². The molecule has 0 bridgehead atoms. The average Bonchev–Trinajstić information content (AvgIpc) is 2.74. The van der Waals surface area contributed by atoms with Gasteiger partial charge in [0.15, 0.2) is 5.70 Å². The molecule has 1 N–H and O–H groups in total. The van der Waals surface area contributed by atoms with E-state index in [0.29, 0.717) is 5.61 Å². The number of aliphatic imine (C=N–C) groups is 1. The van der Waals surface area contributed by atoms with Crippen molar-refractivity contribution in [3.63, 3.8) is 0 Å². The Morgan fingerprint density at radius 1 is 0.828 bits per heavy atom. The second-order valence-corrected chi connectivity index (χ2v) is 6.90. The lowest BCUT2D eigenvalue weighted by Gasteiger charge is -2.19. The van der Waals surface area contributed by atoms with Crippen LogP contribution in [-0.2, 0) is 4.79 Å². The van der Waals surface area contributed by atoms with Crippen LogP contribution in [0.15, 0.2) is 108 Å². The van der Waals surface area contributed by atoms with E-state index >= 15 is 0 Å². The first-order valence-corrected chi connectivity index (χ1v) is 9.41. The molecule has 3 aromatic carbocycles. The Bertz CT molecular complexity index is 961. The average molecular weight is 382 g/mol. The molecule has 5 heteroatoms. The lowest BCUT2D eigenvalue weighted by atomic mass is 9.36. The van der Waals surface area contributed by atoms with Crippen LogP contribution in [0, 0.1) is 0 Å². The summed E-state index contributed by atoms with van der Waals surface area (Å²) >= 11 is 0. The largest absolute Gasteiger partial charge is 0.476 e. The molecule has 29 heavy (non-hydrogen) atoms. The number of benzene rings is 3. The van der Waals surface area contributed by atoms with Crippen LogP contribution < -0.4 is 10.9 Å². The topological polar surface area (TPSA) is 52.9 Å². The van der Waals surface area contributed by atoms with Crippen LogP contribution in [0.2, 0.25) is 0 Å². The Labute approximate surface area is 171 Å². The van der Waals surface area contributed by atoms with Crippen molar-refractivity contribution in [2.45, 2.75) is 0 Å². The van der Waals surface area contributed by atoms with Gasteiger partial charge in [0.1, 0.15) is 0 Å². The number of nitrogens with zero attached hydrogens (tertiary/aromatic N) is 2. The molecule has 0 fully saturated rings. The minimum absolute atomic E-state index is 0.00860. The summed E-state index contributed by atoms with van der Waals surface area (Å²) in [6.07, 6.45) is 1.53. The second kappa shape index (κ2) is 9.56. The monoisotopic (exact) mass is 382 g/mol. The lowest BCUT2D eigenvalue weighted by molar-refractivity contribution is -0.132. The molecule has 0 heterocycles. The molecule has 3 rings (SSSR count). The molecule has 0 radical (unpaired) electrons. The highest BCUT2D eigenvalue weighted by Gasteiger charge is 2.27. The number of carboxylic acids is 1. The number of hydrogen-bond donors (Lipinski definition) is 1. The zero-order valence-electron chi connectivity index (χ0n) is 16.6. The Morgan fingerprint density at radius 3 is 1.69 bits per heavy atom. The Morgan fingerprint density at radius 2 is 1.28 bits per heavy atom. The molecule has 0 amide bonds. The summed E-state index contributed by atoms with van der Waals surface area (Å²) in [4.78, 5) is 18.3.